The summed E-state index contributed by atoms with van der Waals surface area (Å²) in [6, 6.07) is 12.7. The minimum absolute atomic E-state index is 0.206. The van der Waals surface area contributed by atoms with Crippen molar-refractivity contribution in [1.29, 1.82) is 0 Å². The first-order chi connectivity index (χ1) is 8.24. The van der Waals surface area contributed by atoms with Crippen LogP contribution < -0.4 is 0 Å². The Labute approximate surface area is 106 Å². The van der Waals surface area contributed by atoms with Crippen molar-refractivity contribution in [1.82, 2.24) is 5.16 Å². The predicted molar refractivity (Wildman–Crippen MR) is 68.8 cm³/mol. The van der Waals surface area contributed by atoms with Crippen LogP contribution in [0.1, 0.15) is 0 Å². The molecule has 1 heterocycles. The summed E-state index contributed by atoms with van der Waals surface area (Å²) in [4.78, 5) is 0. The molecule has 0 bridgehead atoms. The molecule has 0 fully saturated rings. The molecule has 84 valence electrons. The quantitative estimate of drug-likeness (QED) is 0.737. The smallest absolute Gasteiger partial charge is 0.167 e. The fourth-order valence-corrected chi connectivity index (χ4v) is 2.17. The molecule has 0 saturated carbocycles. The molecule has 3 nitrogen and oxygen atoms in total. The molecule has 3 rings (SSSR count). The van der Waals surface area contributed by atoms with Crippen LogP contribution >= 0.6 is 15.9 Å². The van der Waals surface area contributed by atoms with E-state index >= 15 is 0 Å². The van der Waals surface area contributed by atoms with Crippen LogP contribution in [0.15, 0.2) is 51.5 Å². The van der Waals surface area contributed by atoms with Crippen LogP contribution in [0.2, 0.25) is 0 Å². The number of phenolic OH excluding ortho intramolecular Hbond substituents is 1. The number of fused-ring (bicyclic) bond motifs is 1. The maximum atomic E-state index is 9.50. The van der Waals surface area contributed by atoms with E-state index in [4.69, 9.17) is 4.52 Å². The lowest BCUT2D eigenvalue weighted by atomic mass is 10.1. The molecular formula is C13H8BrNO2. The molecule has 1 N–H and O–H groups in total. The molecule has 3 aromatic rings. The highest BCUT2D eigenvalue weighted by molar-refractivity contribution is 9.10. The lowest BCUT2D eigenvalue weighted by Crippen LogP contribution is -1.78. The van der Waals surface area contributed by atoms with Gasteiger partial charge in [0.15, 0.2) is 5.58 Å². The first-order valence-electron chi connectivity index (χ1n) is 5.08. The Kier molecular flexibility index (Phi) is 2.37. The number of nitrogens with zero attached hydrogens (tertiary/aromatic N) is 1. The Balaban J connectivity index is 2.27. The summed E-state index contributed by atoms with van der Waals surface area (Å²) in [6.07, 6.45) is 0. The van der Waals surface area contributed by atoms with Gasteiger partial charge in [-0.1, -0.05) is 33.2 Å². The summed E-state index contributed by atoms with van der Waals surface area (Å²) in [5.74, 6) is 0.206. The lowest BCUT2D eigenvalue weighted by molar-refractivity contribution is 0.457. The van der Waals surface area contributed by atoms with Gasteiger partial charge in [0.25, 0.3) is 0 Å². The first kappa shape index (κ1) is 10.4. The minimum Gasteiger partial charge on any atom is -0.508 e. The fraction of sp³-hybridized carbons (Fsp3) is 0. The summed E-state index contributed by atoms with van der Waals surface area (Å²) in [7, 11) is 0. The van der Waals surface area contributed by atoms with Gasteiger partial charge < -0.3 is 9.63 Å². The number of halogens is 1. The second-order valence-electron chi connectivity index (χ2n) is 3.72. The minimum atomic E-state index is 0.206. The largest absolute Gasteiger partial charge is 0.508 e. The fourth-order valence-electron chi connectivity index (χ4n) is 1.77. The van der Waals surface area contributed by atoms with Gasteiger partial charge in [-0.15, -0.1) is 0 Å². The molecule has 0 aliphatic rings. The summed E-state index contributed by atoms with van der Waals surface area (Å²) in [6.45, 7) is 0. The van der Waals surface area contributed by atoms with Crippen LogP contribution in [0.3, 0.4) is 0 Å². The van der Waals surface area contributed by atoms with Crippen LogP contribution in [0, 0.1) is 0 Å². The van der Waals surface area contributed by atoms with Gasteiger partial charge in [0.05, 0.1) is 5.39 Å². The maximum absolute atomic E-state index is 9.50. The van der Waals surface area contributed by atoms with Crippen molar-refractivity contribution >= 4 is 26.9 Å². The maximum Gasteiger partial charge on any atom is 0.167 e. The van der Waals surface area contributed by atoms with E-state index in [1.165, 1.54) is 0 Å². The Morgan fingerprint density at radius 1 is 1.12 bits per heavy atom. The van der Waals surface area contributed by atoms with E-state index in [2.05, 4.69) is 21.1 Å². The van der Waals surface area contributed by atoms with E-state index in [0.29, 0.717) is 5.58 Å². The molecule has 1 aromatic heterocycles. The Bertz CT molecular complexity index is 691. The van der Waals surface area contributed by atoms with Gasteiger partial charge in [0.2, 0.25) is 0 Å². The molecule has 0 spiro atoms. The van der Waals surface area contributed by atoms with Crippen LogP contribution in [0.5, 0.6) is 5.75 Å². The zero-order valence-electron chi connectivity index (χ0n) is 8.72. The summed E-state index contributed by atoms with van der Waals surface area (Å²) in [5.41, 5.74) is 2.35. The number of aromatic nitrogens is 1. The standard InChI is InChI=1S/C13H8BrNO2/c14-9-3-1-2-8(6-9)13-11-7-10(16)4-5-12(11)17-15-13/h1-7,16H. The van der Waals surface area contributed by atoms with E-state index in [-0.39, 0.29) is 5.75 Å². The third kappa shape index (κ3) is 1.80. The van der Waals surface area contributed by atoms with Crippen LogP contribution in [-0.4, -0.2) is 10.3 Å². The van der Waals surface area contributed by atoms with Crippen molar-refractivity contribution in [3.8, 4) is 17.0 Å². The van der Waals surface area contributed by atoms with Crippen molar-refractivity contribution in [3.63, 3.8) is 0 Å². The third-order valence-electron chi connectivity index (χ3n) is 2.55. The second-order valence-corrected chi connectivity index (χ2v) is 4.64. The van der Waals surface area contributed by atoms with Gasteiger partial charge in [-0.25, -0.2) is 0 Å². The van der Waals surface area contributed by atoms with Crippen molar-refractivity contribution in [2.45, 2.75) is 0 Å². The normalized spacial score (nSPS) is 10.9. The van der Waals surface area contributed by atoms with Gasteiger partial charge in [0.1, 0.15) is 11.4 Å². The number of rotatable bonds is 1. The van der Waals surface area contributed by atoms with E-state index in [1.54, 1.807) is 18.2 Å². The molecular weight excluding hydrogens is 282 g/mol. The van der Waals surface area contributed by atoms with Gasteiger partial charge >= 0.3 is 0 Å². The van der Waals surface area contributed by atoms with Gasteiger partial charge in [-0.05, 0) is 30.3 Å². The zero-order valence-corrected chi connectivity index (χ0v) is 10.3. The van der Waals surface area contributed by atoms with E-state index in [9.17, 15) is 5.11 Å². The van der Waals surface area contributed by atoms with Crippen LogP contribution in [0.4, 0.5) is 0 Å². The highest BCUT2D eigenvalue weighted by atomic mass is 79.9. The highest BCUT2D eigenvalue weighted by Gasteiger charge is 2.10. The average Bonchev–Trinajstić information content (AvgIpc) is 2.71. The second kappa shape index (κ2) is 3.89. The van der Waals surface area contributed by atoms with Crippen molar-refractivity contribution in [3.05, 3.63) is 46.9 Å². The number of benzene rings is 2. The summed E-state index contributed by atoms with van der Waals surface area (Å²) < 4.78 is 6.20. The SMILES string of the molecule is Oc1ccc2onc(-c3cccc(Br)c3)c2c1. The third-order valence-corrected chi connectivity index (χ3v) is 3.04. The first-order valence-corrected chi connectivity index (χ1v) is 5.88. The molecule has 2 aromatic carbocycles. The molecule has 0 amide bonds. The Morgan fingerprint density at radius 3 is 2.82 bits per heavy atom. The molecule has 0 unspecified atom stereocenters. The van der Waals surface area contributed by atoms with E-state index < -0.39 is 0 Å². The molecule has 0 aliphatic heterocycles. The van der Waals surface area contributed by atoms with Gasteiger partial charge in [0, 0.05) is 10.0 Å². The molecule has 4 heteroatoms. The monoisotopic (exact) mass is 289 g/mol. The molecule has 17 heavy (non-hydrogen) atoms. The number of hydrogen-bond acceptors (Lipinski definition) is 3. The van der Waals surface area contributed by atoms with E-state index in [0.717, 1.165) is 21.1 Å². The van der Waals surface area contributed by atoms with Crippen molar-refractivity contribution < 1.29 is 9.63 Å². The van der Waals surface area contributed by atoms with Crippen LogP contribution in [0.25, 0.3) is 22.2 Å². The van der Waals surface area contributed by atoms with E-state index in [1.807, 2.05) is 24.3 Å². The predicted octanol–water partition coefficient (Wildman–Crippen LogP) is 3.96. The summed E-state index contributed by atoms with van der Waals surface area (Å²) in [5, 5.41) is 14.3. The van der Waals surface area contributed by atoms with Gasteiger partial charge in [-0.3, -0.25) is 0 Å². The Morgan fingerprint density at radius 2 is 2.00 bits per heavy atom. The molecule has 0 radical (unpaired) electrons. The molecule has 0 atom stereocenters. The highest BCUT2D eigenvalue weighted by Crippen LogP contribution is 2.31. The molecule has 0 aliphatic carbocycles. The lowest BCUT2D eigenvalue weighted by Gasteiger charge is -1.97. The average molecular weight is 290 g/mol. The van der Waals surface area contributed by atoms with Crippen LogP contribution in [-0.2, 0) is 0 Å². The number of phenols is 1. The zero-order chi connectivity index (χ0) is 11.8. The number of aromatic hydroxyl groups is 1. The number of hydrogen-bond donors (Lipinski definition) is 1. The van der Waals surface area contributed by atoms with Crippen molar-refractivity contribution in [2.75, 3.05) is 0 Å². The molecule has 0 saturated heterocycles. The van der Waals surface area contributed by atoms with Crippen molar-refractivity contribution in [2.24, 2.45) is 0 Å². The summed E-state index contributed by atoms with van der Waals surface area (Å²) >= 11 is 3.42. The Hall–Kier alpha value is -1.81. The van der Waals surface area contributed by atoms with Gasteiger partial charge in [-0.2, -0.15) is 0 Å². The topological polar surface area (TPSA) is 46.3 Å².